The second-order valence-electron chi connectivity index (χ2n) is 5.16. The van der Waals surface area contributed by atoms with E-state index >= 15 is 0 Å². The molecule has 18 heavy (non-hydrogen) atoms. The molecule has 0 radical (unpaired) electrons. The lowest BCUT2D eigenvalue weighted by molar-refractivity contribution is -0.132. The largest absolute Gasteiger partial charge is 0.383 e. The standard InChI is InChI=1S/C13H25N3O2/c1-18-11-10-15-6-3-7-16(9-8-15)13(17)12-4-2-5-14-12/h12,14H,2-11H2,1H3/t12-/m0/s1. The van der Waals surface area contributed by atoms with Gasteiger partial charge in [0, 0.05) is 33.3 Å². The molecule has 0 bridgehead atoms. The first kappa shape index (κ1) is 13.8. The van der Waals surface area contributed by atoms with Gasteiger partial charge in [-0.25, -0.2) is 0 Å². The van der Waals surface area contributed by atoms with Gasteiger partial charge in [-0.15, -0.1) is 0 Å². The molecule has 0 aromatic heterocycles. The zero-order valence-electron chi connectivity index (χ0n) is 11.4. The van der Waals surface area contributed by atoms with Gasteiger partial charge in [0.1, 0.15) is 0 Å². The van der Waals surface area contributed by atoms with Gasteiger partial charge in [-0.1, -0.05) is 0 Å². The van der Waals surface area contributed by atoms with Gasteiger partial charge in [0.15, 0.2) is 0 Å². The lowest BCUT2D eigenvalue weighted by Gasteiger charge is -2.24. The SMILES string of the molecule is COCCN1CCCN(C(=O)[C@@H]2CCCN2)CC1. The highest BCUT2D eigenvalue weighted by Gasteiger charge is 2.27. The molecule has 2 heterocycles. The summed E-state index contributed by atoms with van der Waals surface area (Å²) >= 11 is 0. The van der Waals surface area contributed by atoms with E-state index in [4.69, 9.17) is 4.74 Å². The summed E-state index contributed by atoms with van der Waals surface area (Å²) in [6.07, 6.45) is 3.20. The number of hydrogen-bond donors (Lipinski definition) is 1. The zero-order valence-corrected chi connectivity index (χ0v) is 11.4. The molecule has 104 valence electrons. The van der Waals surface area contributed by atoms with Crippen molar-refractivity contribution in [2.45, 2.75) is 25.3 Å². The molecule has 1 N–H and O–H groups in total. The fourth-order valence-electron chi connectivity index (χ4n) is 2.75. The molecular weight excluding hydrogens is 230 g/mol. The van der Waals surface area contributed by atoms with Crippen molar-refractivity contribution in [2.75, 3.05) is 53.0 Å². The Morgan fingerprint density at radius 2 is 2.17 bits per heavy atom. The molecule has 0 spiro atoms. The number of methoxy groups -OCH3 is 1. The number of nitrogens with one attached hydrogen (secondary N) is 1. The summed E-state index contributed by atoms with van der Waals surface area (Å²) in [4.78, 5) is 16.7. The van der Waals surface area contributed by atoms with Crippen LogP contribution in [0.3, 0.4) is 0 Å². The maximum atomic E-state index is 12.3. The maximum Gasteiger partial charge on any atom is 0.239 e. The van der Waals surface area contributed by atoms with Crippen LogP contribution in [0.5, 0.6) is 0 Å². The Labute approximate surface area is 109 Å². The molecule has 2 fully saturated rings. The molecule has 0 aromatic rings. The van der Waals surface area contributed by atoms with Gasteiger partial charge in [0.25, 0.3) is 0 Å². The smallest absolute Gasteiger partial charge is 0.239 e. The zero-order chi connectivity index (χ0) is 12.8. The van der Waals surface area contributed by atoms with Gasteiger partial charge in [0.05, 0.1) is 12.6 Å². The molecule has 0 aliphatic carbocycles. The van der Waals surface area contributed by atoms with Gasteiger partial charge in [-0.05, 0) is 32.4 Å². The third-order valence-electron chi connectivity index (χ3n) is 3.87. The molecule has 5 nitrogen and oxygen atoms in total. The number of amides is 1. The molecule has 0 saturated carbocycles. The van der Waals surface area contributed by atoms with Gasteiger partial charge in [-0.3, -0.25) is 9.69 Å². The average molecular weight is 255 g/mol. The van der Waals surface area contributed by atoms with E-state index in [0.29, 0.717) is 5.91 Å². The van der Waals surface area contributed by atoms with E-state index in [1.807, 2.05) is 4.90 Å². The quantitative estimate of drug-likeness (QED) is 0.763. The van der Waals surface area contributed by atoms with Crippen LogP contribution < -0.4 is 5.32 Å². The lowest BCUT2D eigenvalue weighted by Crippen LogP contribution is -2.45. The molecule has 1 atom stereocenters. The third-order valence-corrected chi connectivity index (χ3v) is 3.87. The van der Waals surface area contributed by atoms with E-state index < -0.39 is 0 Å². The Kier molecular flexibility index (Phi) is 5.41. The maximum absolute atomic E-state index is 12.3. The summed E-state index contributed by atoms with van der Waals surface area (Å²) in [6, 6.07) is 0.0792. The first-order valence-corrected chi connectivity index (χ1v) is 7.04. The molecule has 5 heteroatoms. The van der Waals surface area contributed by atoms with Crippen molar-refractivity contribution in [1.29, 1.82) is 0 Å². The minimum absolute atomic E-state index is 0.0792. The van der Waals surface area contributed by atoms with Crippen LogP contribution in [0.4, 0.5) is 0 Å². The highest BCUT2D eigenvalue weighted by Crippen LogP contribution is 2.11. The van der Waals surface area contributed by atoms with Crippen molar-refractivity contribution in [3.8, 4) is 0 Å². The number of nitrogens with zero attached hydrogens (tertiary/aromatic N) is 2. The summed E-state index contributed by atoms with van der Waals surface area (Å²) in [7, 11) is 1.74. The monoisotopic (exact) mass is 255 g/mol. The minimum Gasteiger partial charge on any atom is -0.383 e. The molecule has 0 aromatic carbocycles. The van der Waals surface area contributed by atoms with E-state index in [2.05, 4.69) is 10.2 Å². The predicted molar refractivity (Wildman–Crippen MR) is 70.5 cm³/mol. The summed E-state index contributed by atoms with van der Waals surface area (Å²) in [5, 5.41) is 3.29. The van der Waals surface area contributed by atoms with Gasteiger partial charge < -0.3 is 15.0 Å². The van der Waals surface area contributed by atoms with Gasteiger partial charge in [-0.2, -0.15) is 0 Å². The van der Waals surface area contributed by atoms with E-state index in [9.17, 15) is 4.79 Å². The fraction of sp³-hybridized carbons (Fsp3) is 0.923. The molecule has 2 rings (SSSR count). The van der Waals surface area contributed by atoms with Crippen LogP contribution in [0.2, 0.25) is 0 Å². The number of hydrogen-bond acceptors (Lipinski definition) is 4. The number of rotatable bonds is 4. The second-order valence-corrected chi connectivity index (χ2v) is 5.16. The first-order valence-electron chi connectivity index (χ1n) is 7.04. The summed E-state index contributed by atoms with van der Waals surface area (Å²) in [5.74, 6) is 0.307. The molecular formula is C13H25N3O2. The number of carbonyl (C=O) groups excluding carboxylic acids is 1. The topological polar surface area (TPSA) is 44.8 Å². The Balaban J connectivity index is 1.78. The van der Waals surface area contributed by atoms with E-state index in [1.54, 1.807) is 7.11 Å². The number of carbonyl (C=O) groups is 1. The third kappa shape index (κ3) is 3.67. The second kappa shape index (κ2) is 7.07. The van der Waals surface area contributed by atoms with E-state index in [-0.39, 0.29) is 6.04 Å². The van der Waals surface area contributed by atoms with Crippen molar-refractivity contribution in [3.05, 3.63) is 0 Å². The predicted octanol–water partition coefficient (Wildman–Crippen LogP) is -0.0809. The van der Waals surface area contributed by atoms with Crippen molar-refractivity contribution in [3.63, 3.8) is 0 Å². The molecule has 0 unspecified atom stereocenters. The van der Waals surface area contributed by atoms with Crippen LogP contribution in [-0.2, 0) is 9.53 Å². The Bertz CT molecular complexity index is 267. The van der Waals surface area contributed by atoms with Crippen molar-refractivity contribution < 1.29 is 9.53 Å². The van der Waals surface area contributed by atoms with Crippen LogP contribution >= 0.6 is 0 Å². The van der Waals surface area contributed by atoms with Crippen LogP contribution in [0.15, 0.2) is 0 Å². The van der Waals surface area contributed by atoms with E-state index in [1.165, 1.54) is 0 Å². The molecule has 2 aliphatic rings. The summed E-state index contributed by atoms with van der Waals surface area (Å²) < 4.78 is 5.11. The van der Waals surface area contributed by atoms with Crippen LogP contribution in [0.25, 0.3) is 0 Å². The van der Waals surface area contributed by atoms with Crippen LogP contribution in [0, 0.1) is 0 Å². The normalized spacial score (nSPS) is 26.3. The van der Waals surface area contributed by atoms with Crippen molar-refractivity contribution in [1.82, 2.24) is 15.1 Å². The van der Waals surface area contributed by atoms with Crippen LogP contribution in [-0.4, -0.2) is 74.7 Å². The highest BCUT2D eigenvalue weighted by molar-refractivity contribution is 5.82. The van der Waals surface area contributed by atoms with E-state index in [0.717, 1.165) is 65.1 Å². The molecule has 2 aliphatic heterocycles. The summed E-state index contributed by atoms with van der Waals surface area (Å²) in [5.41, 5.74) is 0. The highest BCUT2D eigenvalue weighted by atomic mass is 16.5. The lowest BCUT2D eigenvalue weighted by atomic mass is 10.2. The molecule has 1 amide bonds. The summed E-state index contributed by atoms with van der Waals surface area (Å²) in [6.45, 7) is 6.55. The van der Waals surface area contributed by atoms with Gasteiger partial charge >= 0.3 is 0 Å². The minimum atomic E-state index is 0.0792. The first-order chi connectivity index (χ1) is 8.81. The van der Waals surface area contributed by atoms with Crippen molar-refractivity contribution >= 4 is 5.91 Å². The van der Waals surface area contributed by atoms with Gasteiger partial charge in [0.2, 0.25) is 5.91 Å². The fourth-order valence-corrected chi connectivity index (χ4v) is 2.75. The Morgan fingerprint density at radius 1 is 1.28 bits per heavy atom. The average Bonchev–Trinajstić information content (AvgIpc) is 2.82. The van der Waals surface area contributed by atoms with Crippen LogP contribution in [0.1, 0.15) is 19.3 Å². The Morgan fingerprint density at radius 3 is 2.89 bits per heavy atom. The number of ether oxygens (including phenoxy) is 1. The Hall–Kier alpha value is -0.650. The molecule has 2 saturated heterocycles. The van der Waals surface area contributed by atoms with Crippen molar-refractivity contribution in [2.24, 2.45) is 0 Å².